The average molecular weight is 254 g/mol. The van der Waals surface area contributed by atoms with E-state index in [9.17, 15) is 5.11 Å². The molecule has 0 radical (unpaired) electrons. The molecule has 0 aromatic heterocycles. The maximum atomic E-state index is 9.48. The second-order valence-corrected chi connectivity index (χ2v) is 5.25. The number of halogens is 1. The Bertz CT molecular complexity index is 392. The highest BCUT2D eigenvalue weighted by atomic mass is 35.5. The van der Waals surface area contributed by atoms with Gasteiger partial charge in [0.05, 0.1) is 6.10 Å². The molecule has 0 spiro atoms. The van der Waals surface area contributed by atoms with Crippen molar-refractivity contribution in [1.29, 1.82) is 0 Å². The minimum Gasteiger partial charge on any atom is -0.392 e. The molecule has 3 N–H and O–H groups in total. The highest BCUT2D eigenvalue weighted by molar-refractivity contribution is 6.31. The molecule has 1 aromatic carbocycles. The number of hydrogen-bond donors (Lipinski definition) is 2. The van der Waals surface area contributed by atoms with Crippen molar-refractivity contribution in [2.45, 2.75) is 44.6 Å². The first-order chi connectivity index (χ1) is 8.20. The molecule has 2 nitrogen and oxygen atoms in total. The fourth-order valence-electron chi connectivity index (χ4n) is 2.44. The molecule has 1 atom stereocenters. The molecule has 1 aromatic rings. The lowest BCUT2D eigenvalue weighted by Crippen LogP contribution is -2.20. The fourth-order valence-corrected chi connectivity index (χ4v) is 2.72. The molecule has 0 aliphatic heterocycles. The molecule has 0 heterocycles. The molecular weight excluding hydrogens is 234 g/mol. The van der Waals surface area contributed by atoms with Gasteiger partial charge in [-0.25, -0.2) is 0 Å². The van der Waals surface area contributed by atoms with E-state index in [4.69, 9.17) is 17.3 Å². The number of aliphatic hydroxyl groups excluding tert-OH is 1. The molecule has 17 heavy (non-hydrogen) atoms. The third-order valence-electron chi connectivity index (χ3n) is 3.53. The van der Waals surface area contributed by atoms with Crippen LogP contribution in [0, 0.1) is 0 Å². The minimum absolute atomic E-state index is 0.322. The van der Waals surface area contributed by atoms with Gasteiger partial charge in [-0.1, -0.05) is 17.7 Å². The lowest BCUT2D eigenvalue weighted by atomic mass is 9.89. The SMILES string of the molecule is NCC(O)CCc1cc2c(cc1Cl)CCCC2. The van der Waals surface area contributed by atoms with Crippen LogP contribution in [-0.2, 0) is 19.3 Å². The summed E-state index contributed by atoms with van der Waals surface area (Å²) < 4.78 is 0. The van der Waals surface area contributed by atoms with Crippen LogP contribution in [0.4, 0.5) is 0 Å². The van der Waals surface area contributed by atoms with Crippen molar-refractivity contribution in [3.05, 3.63) is 33.8 Å². The first kappa shape index (κ1) is 12.9. The standard InChI is InChI=1S/C14H20ClNO/c15-14-8-11-4-2-1-3-10(11)7-12(14)5-6-13(17)9-16/h7-8,13,17H,1-6,9,16H2. The molecule has 3 heteroatoms. The number of aryl methyl sites for hydroxylation is 3. The Morgan fingerprint density at radius 1 is 1.24 bits per heavy atom. The normalized spacial score (nSPS) is 16.6. The summed E-state index contributed by atoms with van der Waals surface area (Å²) in [7, 11) is 0. The van der Waals surface area contributed by atoms with Gasteiger partial charge in [0.25, 0.3) is 0 Å². The molecule has 94 valence electrons. The van der Waals surface area contributed by atoms with E-state index in [1.807, 2.05) is 0 Å². The highest BCUT2D eigenvalue weighted by Crippen LogP contribution is 2.28. The Balaban J connectivity index is 2.11. The molecule has 0 bridgehead atoms. The summed E-state index contributed by atoms with van der Waals surface area (Å²) in [5.74, 6) is 0. The molecule has 0 amide bonds. The minimum atomic E-state index is -0.415. The van der Waals surface area contributed by atoms with Crippen molar-refractivity contribution in [2.75, 3.05) is 6.54 Å². The number of nitrogens with two attached hydrogens (primary N) is 1. The highest BCUT2D eigenvalue weighted by Gasteiger charge is 2.13. The number of hydrogen-bond acceptors (Lipinski definition) is 2. The molecule has 2 rings (SSSR count). The van der Waals surface area contributed by atoms with Crippen LogP contribution in [0.25, 0.3) is 0 Å². The van der Waals surface area contributed by atoms with Crippen molar-refractivity contribution in [2.24, 2.45) is 5.73 Å². The van der Waals surface area contributed by atoms with Gasteiger partial charge in [-0.05, 0) is 61.3 Å². The quantitative estimate of drug-likeness (QED) is 0.866. The first-order valence-electron chi connectivity index (χ1n) is 6.39. The third-order valence-corrected chi connectivity index (χ3v) is 3.88. The van der Waals surface area contributed by atoms with Crippen LogP contribution >= 0.6 is 11.6 Å². The largest absolute Gasteiger partial charge is 0.392 e. The molecule has 0 saturated heterocycles. The lowest BCUT2D eigenvalue weighted by Gasteiger charge is -2.18. The summed E-state index contributed by atoms with van der Waals surface area (Å²) in [6.07, 6.45) is 5.95. The molecule has 1 unspecified atom stereocenters. The Labute approximate surface area is 108 Å². The molecule has 1 aliphatic carbocycles. The van der Waals surface area contributed by atoms with Gasteiger partial charge in [-0.3, -0.25) is 0 Å². The van der Waals surface area contributed by atoms with Crippen LogP contribution in [0.5, 0.6) is 0 Å². The summed E-state index contributed by atoms with van der Waals surface area (Å²) >= 11 is 6.27. The van der Waals surface area contributed by atoms with Gasteiger partial charge in [0, 0.05) is 11.6 Å². The van der Waals surface area contributed by atoms with E-state index in [2.05, 4.69) is 12.1 Å². The van der Waals surface area contributed by atoms with Crippen LogP contribution < -0.4 is 5.73 Å². The topological polar surface area (TPSA) is 46.2 Å². The summed E-state index contributed by atoms with van der Waals surface area (Å²) in [4.78, 5) is 0. The molecule has 0 saturated carbocycles. The maximum Gasteiger partial charge on any atom is 0.0665 e. The summed E-state index contributed by atoms with van der Waals surface area (Å²) in [6, 6.07) is 4.33. The second kappa shape index (κ2) is 5.85. The fraction of sp³-hybridized carbons (Fsp3) is 0.571. The van der Waals surface area contributed by atoms with Crippen LogP contribution in [-0.4, -0.2) is 17.8 Å². The zero-order valence-electron chi connectivity index (χ0n) is 10.1. The number of rotatable bonds is 4. The van der Waals surface area contributed by atoms with E-state index in [1.165, 1.54) is 30.4 Å². The number of benzene rings is 1. The van der Waals surface area contributed by atoms with E-state index in [1.54, 1.807) is 0 Å². The predicted molar refractivity (Wildman–Crippen MR) is 71.5 cm³/mol. The van der Waals surface area contributed by atoms with Gasteiger partial charge < -0.3 is 10.8 Å². The average Bonchev–Trinajstić information content (AvgIpc) is 2.35. The summed E-state index contributed by atoms with van der Waals surface area (Å²) in [5, 5.41) is 10.3. The van der Waals surface area contributed by atoms with E-state index in [0.29, 0.717) is 13.0 Å². The van der Waals surface area contributed by atoms with Crippen molar-refractivity contribution in [3.8, 4) is 0 Å². The van der Waals surface area contributed by atoms with Crippen molar-refractivity contribution in [1.82, 2.24) is 0 Å². The zero-order valence-corrected chi connectivity index (χ0v) is 10.8. The van der Waals surface area contributed by atoms with Gasteiger partial charge in [-0.15, -0.1) is 0 Å². The first-order valence-corrected chi connectivity index (χ1v) is 6.77. The van der Waals surface area contributed by atoms with Crippen LogP contribution in [0.1, 0.15) is 36.0 Å². The molecule has 1 aliphatic rings. The van der Waals surface area contributed by atoms with Gasteiger partial charge in [0.1, 0.15) is 0 Å². The van der Waals surface area contributed by atoms with Gasteiger partial charge in [0.15, 0.2) is 0 Å². The Hall–Kier alpha value is -0.570. The molecular formula is C14H20ClNO. The van der Waals surface area contributed by atoms with E-state index >= 15 is 0 Å². The third kappa shape index (κ3) is 3.21. The lowest BCUT2D eigenvalue weighted by molar-refractivity contribution is 0.173. The zero-order chi connectivity index (χ0) is 12.3. The van der Waals surface area contributed by atoms with Crippen LogP contribution in [0.15, 0.2) is 12.1 Å². The van der Waals surface area contributed by atoms with Crippen molar-refractivity contribution >= 4 is 11.6 Å². The van der Waals surface area contributed by atoms with Crippen molar-refractivity contribution in [3.63, 3.8) is 0 Å². The van der Waals surface area contributed by atoms with E-state index in [0.717, 1.165) is 23.4 Å². The monoisotopic (exact) mass is 253 g/mol. The number of fused-ring (bicyclic) bond motifs is 1. The Morgan fingerprint density at radius 2 is 1.88 bits per heavy atom. The van der Waals surface area contributed by atoms with Crippen LogP contribution in [0.3, 0.4) is 0 Å². The summed E-state index contributed by atoms with van der Waals surface area (Å²) in [6.45, 7) is 0.322. The van der Waals surface area contributed by atoms with Gasteiger partial charge in [-0.2, -0.15) is 0 Å². The predicted octanol–water partition coefficient (Wildman–Crippen LogP) is 2.47. The van der Waals surface area contributed by atoms with E-state index in [-0.39, 0.29) is 0 Å². The Kier molecular flexibility index (Phi) is 4.43. The van der Waals surface area contributed by atoms with Crippen molar-refractivity contribution < 1.29 is 5.11 Å². The molecule has 0 fully saturated rings. The second-order valence-electron chi connectivity index (χ2n) is 4.85. The van der Waals surface area contributed by atoms with E-state index < -0.39 is 6.10 Å². The van der Waals surface area contributed by atoms with Gasteiger partial charge >= 0.3 is 0 Å². The van der Waals surface area contributed by atoms with Crippen LogP contribution in [0.2, 0.25) is 5.02 Å². The Morgan fingerprint density at radius 3 is 2.53 bits per heavy atom. The smallest absolute Gasteiger partial charge is 0.0665 e. The number of aliphatic hydroxyl groups is 1. The maximum absolute atomic E-state index is 9.48. The summed E-state index contributed by atoms with van der Waals surface area (Å²) in [5.41, 5.74) is 9.40. The van der Waals surface area contributed by atoms with Gasteiger partial charge in [0.2, 0.25) is 0 Å².